The standard InChI is InChI=1S/C22H37N3O2S/c1-6-23-20(25-16-22(28-5)11-13-27-14-12-22)24-15-19(26)17-7-9-18(10-8-17)21(2,3)4/h7-10,19,26H,6,11-16H2,1-5H3,(H2,23,24,25). The first-order valence-electron chi connectivity index (χ1n) is 10.2. The van der Waals surface area contributed by atoms with Gasteiger partial charge in [-0.2, -0.15) is 11.8 Å². The van der Waals surface area contributed by atoms with Gasteiger partial charge in [0.05, 0.1) is 12.6 Å². The molecular formula is C22H37N3O2S. The van der Waals surface area contributed by atoms with Crippen molar-refractivity contribution in [3.63, 3.8) is 0 Å². The molecule has 1 aromatic rings. The lowest BCUT2D eigenvalue weighted by Gasteiger charge is -2.34. The van der Waals surface area contributed by atoms with Crippen molar-refractivity contribution in [2.75, 3.05) is 39.1 Å². The fourth-order valence-electron chi connectivity index (χ4n) is 3.25. The number of nitrogens with zero attached hydrogens (tertiary/aromatic N) is 1. The summed E-state index contributed by atoms with van der Waals surface area (Å²) in [5, 5.41) is 17.2. The van der Waals surface area contributed by atoms with Crippen LogP contribution in [-0.2, 0) is 10.2 Å². The van der Waals surface area contributed by atoms with Crippen molar-refractivity contribution in [2.45, 2.75) is 56.8 Å². The zero-order valence-corrected chi connectivity index (χ0v) is 18.9. The van der Waals surface area contributed by atoms with Gasteiger partial charge in [0.15, 0.2) is 5.96 Å². The summed E-state index contributed by atoms with van der Waals surface area (Å²) in [6.45, 7) is 12.2. The zero-order valence-electron chi connectivity index (χ0n) is 18.0. The van der Waals surface area contributed by atoms with Crippen molar-refractivity contribution in [1.29, 1.82) is 0 Å². The summed E-state index contributed by atoms with van der Waals surface area (Å²) in [6.07, 6.45) is 3.64. The second-order valence-electron chi connectivity index (χ2n) is 8.46. The first kappa shape index (κ1) is 23.0. The van der Waals surface area contributed by atoms with Crippen molar-refractivity contribution in [3.8, 4) is 0 Å². The van der Waals surface area contributed by atoms with Crippen LogP contribution in [0, 0.1) is 0 Å². The molecule has 1 atom stereocenters. The predicted octanol–water partition coefficient (Wildman–Crippen LogP) is 3.48. The highest BCUT2D eigenvalue weighted by molar-refractivity contribution is 8.00. The Morgan fingerprint density at radius 3 is 2.39 bits per heavy atom. The summed E-state index contributed by atoms with van der Waals surface area (Å²) in [6, 6.07) is 8.24. The van der Waals surface area contributed by atoms with Gasteiger partial charge in [-0.15, -0.1) is 0 Å². The quantitative estimate of drug-likeness (QED) is 0.477. The van der Waals surface area contributed by atoms with E-state index in [4.69, 9.17) is 9.73 Å². The molecule has 1 unspecified atom stereocenters. The minimum Gasteiger partial charge on any atom is -0.387 e. The number of aliphatic hydroxyl groups is 1. The Bertz CT molecular complexity index is 620. The van der Waals surface area contributed by atoms with Gasteiger partial charge in [-0.3, -0.25) is 4.99 Å². The van der Waals surface area contributed by atoms with E-state index in [1.807, 2.05) is 23.9 Å². The number of aliphatic hydroxyl groups excluding tert-OH is 1. The number of guanidine groups is 1. The van der Waals surface area contributed by atoms with Gasteiger partial charge < -0.3 is 20.5 Å². The van der Waals surface area contributed by atoms with Crippen molar-refractivity contribution in [1.82, 2.24) is 10.6 Å². The minimum absolute atomic E-state index is 0.115. The average molecular weight is 408 g/mol. The summed E-state index contributed by atoms with van der Waals surface area (Å²) >= 11 is 1.89. The average Bonchev–Trinajstić information content (AvgIpc) is 2.70. The van der Waals surface area contributed by atoms with Crippen LogP contribution in [0.25, 0.3) is 0 Å². The van der Waals surface area contributed by atoms with Crippen molar-refractivity contribution in [3.05, 3.63) is 35.4 Å². The highest BCUT2D eigenvalue weighted by atomic mass is 32.2. The highest BCUT2D eigenvalue weighted by Crippen LogP contribution is 2.34. The number of thioether (sulfide) groups is 1. The molecule has 1 heterocycles. The molecule has 0 amide bonds. The number of hydrogen-bond donors (Lipinski definition) is 3. The highest BCUT2D eigenvalue weighted by Gasteiger charge is 2.31. The van der Waals surface area contributed by atoms with Gasteiger partial charge in [-0.25, -0.2) is 0 Å². The molecule has 6 heteroatoms. The second kappa shape index (κ2) is 10.5. The molecule has 0 saturated carbocycles. The third-order valence-electron chi connectivity index (χ3n) is 5.33. The number of rotatable bonds is 7. The third kappa shape index (κ3) is 6.68. The number of hydrogen-bond acceptors (Lipinski definition) is 4. The second-order valence-corrected chi connectivity index (χ2v) is 9.74. The zero-order chi connectivity index (χ0) is 20.6. The van der Waals surface area contributed by atoms with Gasteiger partial charge in [0, 0.05) is 31.1 Å². The molecule has 0 bridgehead atoms. The molecule has 1 aliphatic heterocycles. The first-order chi connectivity index (χ1) is 13.3. The molecule has 3 N–H and O–H groups in total. The lowest BCUT2D eigenvalue weighted by molar-refractivity contribution is 0.0794. The van der Waals surface area contributed by atoms with Gasteiger partial charge >= 0.3 is 0 Å². The lowest BCUT2D eigenvalue weighted by Crippen LogP contribution is -2.42. The molecule has 5 nitrogen and oxygen atoms in total. The summed E-state index contributed by atoms with van der Waals surface area (Å²) in [5.41, 5.74) is 2.30. The summed E-state index contributed by atoms with van der Waals surface area (Å²) in [4.78, 5) is 4.80. The van der Waals surface area contributed by atoms with E-state index in [2.05, 4.69) is 56.7 Å². The van der Waals surface area contributed by atoms with Gasteiger partial charge in [-0.1, -0.05) is 45.0 Å². The third-order valence-corrected chi connectivity index (χ3v) is 6.73. The van der Waals surface area contributed by atoms with Gasteiger partial charge in [0.25, 0.3) is 0 Å². The normalized spacial score (nSPS) is 18.6. The molecule has 1 fully saturated rings. The van der Waals surface area contributed by atoms with E-state index in [9.17, 15) is 5.11 Å². The maximum absolute atomic E-state index is 10.6. The smallest absolute Gasteiger partial charge is 0.191 e. The Kier molecular flexibility index (Phi) is 8.65. The molecule has 2 rings (SSSR count). The Balaban J connectivity index is 1.96. The molecule has 1 saturated heterocycles. The van der Waals surface area contributed by atoms with Gasteiger partial charge in [0.2, 0.25) is 0 Å². The minimum atomic E-state index is -0.574. The maximum atomic E-state index is 10.6. The van der Waals surface area contributed by atoms with E-state index in [-0.39, 0.29) is 10.2 Å². The number of nitrogens with one attached hydrogen (secondary N) is 2. The number of benzene rings is 1. The summed E-state index contributed by atoms with van der Waals surface area (Å²) < 4.78 is 5.67. The van der Waals surface area contributed by atoms with Gasteiger partial charge in [-0.05, 0) is 42.6 Å². The molecule has 0 radical (unpaired) electrons. The monoisotopic (exact) mass is 407 g/mol. The van der Waals surface area contributed by atoms with Crippen LogP contribution in [-0.4, -0.2) is 54.9 Å². The van der Waals surface area contributed by atoms with Crippen LogP contribution in [0.4, 0.5) is 0 Å². The Morgan fingerprint density at radius 2 is 1.86 bits per heavy atom. The molecule has 1 aliphatic rings. The van der Waals surface area contributed by atoms with Crippen LogP contribution in [0.3, 0.4) is 0 Å². The predicted molar refractivity (Wildman–Crippen MR) is 120 cm³/mol. The maximum Gasteiger partial charge on any atom is 0.191 e. The largest absolute Gasteiger partial charge is 0.387 e. The van der Waals surface area contributed by atoms with Crippen molar-refractivity contribution < 1.29 is 9.84 Å². The van der Waals surface area contributed by atoms with Crippen LogP contribution in [0.2, 0.25) is 0 Å². The summed E-state index contributed by atoms with van der Waals surface area (Å²) in [5.74, 6) is 0.757. The van der Waals surface area contributed by atoms with Gasteiger partial charge in [0.1, 0.15) is 0 Å². The molecule has 1 aromatic carbocycles. The Hall–Kier alpha value is -1.24. The SMILES string of the molecule is CCNC(=NCC1(SC)CCOCC1)NCC(O)c1ccc(C(C)(C)C)cc1. The van der Waals surface area contributed by atoms with E-state index in [1.54, 1.807) is 0 Å². The first-order valence-corrected chi connectivity index (χ1v) is 11.5. The molecule has 158 valence electrons. The molecular weight excluding hydrogens is 370 g/mol. The lowest BCUT2D eigenvalue weighted by atomic mass is 9.86. The Labute approximate surface area is 174 Å². The fraction of sp³-hybridized carbons (Fsp3) is 0.682. The number of aliphatic imine (C=N–C) groups is 1. The number of ether oxygens (including phenoxy) is 1. The topological polar surface area (TPSA) is 65.9 Å². The van der Waals surface area contributed by atoms with E-state index < -0.39 is 6.10 Å². The van der Waals surface area contributed by atoms with Crippen molar-refractivity contribution >= 4 is 17.7 Å². The summed E-state index contributed by atoms with van der Waals surface area (Å²) in [7, 11) is 0. The van der Waals surface area contributed by atoms with Crippen LogP contribution in [0.1, 0.15) is 57.8 Å². The molecule has 0 aliphatic carbocycles. The van der Waals surface area contributed by atoms with Crippen LogP contribution in [0.15, 0.2) is 29.3 Å². The van der Waals surface area contributed by atoms with E-state index in [0.717, 1.165) is 50.7 Å². The fourth-order valence-corrected chi connectivity index (χ4v) is 4.02. The van der Waals surface area contributed by atoms with Crippen LogP contribution < -0.4 is 10.6 Å². The van der Waals surface area contributed by atoms with Crippen LogP contribution in [0.5, 0.6) is 0 Å². The van der Waals surface area contributed by atoms with Crippen LogP contribution >= 0.6 is 11.8 Å². The molecule has 0 spiro atoms. The Morgan fingerprint density at radius 1 is 1.21 bits per heavy atom. The molecule has 0 aromatic heterocycles. The van der Waals surface area contributed by atoms with E-state index in [1.165, 1.54) is 5.56 Å². The van der Waals surface area contributed by atoms with E-state index in [0.29, 0.717) is 6.54 Å². The van der Waals surface area contributed by atoms with Crippen molar-refractivity contribution in [2.24, 2.45) is 4.99 Å². The molecule has 28 heavy (non-hydrogen) atoms. The van der Waals surface area contributed by atoms with E-state index >= 15 is 0 Å².